The van der Waals surface area contributed by atoms with Crippen molar-refractivity contribution in [2.45, 2.75) is 39.2 Å². The fourth-order valence-corrected chi connectivity index (χ4v) is 2.24. The molecule has 0 radical (unpaired) electrons. The lowest BCUT2D eigenvalue weighted by molar-refractivity contribution is 0.527. The van der Waals surface area contributed by atoms with Gasteiger partial charge < -0.3 is 5.32 Å². The summed E-state index contributed by atoms with van der Waals surface area (Å²) in [5.41, 5.74) is 0. The smallest absolute Gasteiger partial charge is 0.212 e. The molecule has 1 saturated carbocycles. The van der Waals surface area contributed by atoms with Crippen LogP contribution in [0.4, 0.5) is 0 Å². The third-order valence-corrected chi connectivity index (χ3v) is 4.08. The van der Waals surface area contributed by atoms with Crippen LogP contribution in [0.15, 0.2) is 0 Å². The summed E-state index contributed by atoms with van der Waals surface area (Å²) in [6.45, 7) is 5.24. The molecule has 0 heterocycles. The molecule has 0 saturated heterocycles. The van der Waals surface area contributed by atoms with Crippen molar-refractivity contribution in [1.82, 2.24) is 10.0 Å². The van der Waals surface area contributed by atoms with Gasteiger partial charge in [0, 0.05) is 19.1 Å². The lowest BCUT2D eigenvalue weighted by Crippen LogP contribution is -2.34. The zero-order valence-electron chi connectivity index (χ0n) is 9.62. The van der Waals surface area contributed by atoms with Crippen LogP contribution in [0.3, 0.4) is 0 Å². The van der Waals surface area contributed by atoms with E-state index in [1.165, 1.54) is 12.8 Å². The van der Waals surface area contributed by atoms with Gasteiger partial charge in [0.15, 0.2) is 0 Å². The van der Waals surface area contributed by atoms with Crippen molar-refractivity contribution in [3.8, 4) is 0 Å². The number of hydrogen-bond donors (Lipinski definition) is 2. The molecule has 2 N–H and O–H groups in total. The van der Waals surface area contributed by atoms with E-state index in [1.54, 1.807) is 0 Å². The van der Waals surface area contributed by atoms with Crippen molar-refractivity contribution < 1.29 is 8.42 Å². The van der Waals surface area contributed by atoms with Gasteiger partial charge in [0.2, 0.25) is 10.0 Å². The topological polar surface area (TPSA) is 58.2 Å². The molecular formula is C10H22N2O2S. The maximum atomic E-state index is 11.5. The molecule has 0 aromatic carbocycles. The van der Waals surface area contributed by atoms with Gasteiger partial charge in [-0.15, -0.1) is 0 Å². The molecule has 0 aliphatic heterocycles. The van der Waals surface area contributed by atoms with Crippen LogP contribution in [-0.2, 0) is 10.0 Å². The highest BCUT2D eigenvalue weighted by atomic mass is 32.2. The number of sulfonamides is 1. The molecule has 5 heteroatoms. The minimum atomic E-state index is -3.07. The van der Waals surface area contributed by atoms with E-state index in [1.807, 2.05) is 6.92 Å². The van der Waals surface area contributed by atoms with Crippen molar-refractivity contribution in [2.24, 2.45) is 5.92 Å². The van der Waals surface area contributed by atoms with E-state index in [0.29, 0.717) is 25.0 Å². The van der Waals surface area contributed by atoms with Gasteiger partial charge in [-0.1, -0.05) is 20.3 Å². The van der Waals surface area contributed by atoms with Gasteiger partial charge in [-0.25, -0.2) is 13.1 Å². The highest BCUT2D eigenvalue weighted by Gasteiger charge is 2.21. The van der Waals surface area contributed by atoms with E-state index in [9.17, 15) is 8.42 Å². The molecule has 0 aromatic rings. The Balaban J connectivity index is 2.12. The summed E-state index contributed by atoms with van der Waals surface area (Å²) in [6.07, 6.45) is 3.39. The summed E-state index contributed by atoms with van der Waals surface area (Å²) in [6, 6.07) is 0.578. The molecule has 4 nitrogen and oxygen atoms in total. The summed E-state index contributed by atoms with van der Waals surface area (Å²) in [7, 11) is -3.07. The molecule has 90 valence electrons. The van der Waals surface area contributed by atoms with Crippen molar-refractivity contribution >= 4 is 10.0 Å². The summed E-state index contributed by atoms with van der Waals surface area (Å²) in [5.74, 6) is 0.607. The van der Waals surface area contributed by atoms with E-state index in [4.69, 9.17) is 0 Å². The zero-order valence-corrected chi connectivity index (χ0v) is 10.4. The van der Waals surface area contributed by atoms with Gasteiger partial charge in [-0.05, 0) is 18.8 Å². The average Bonchev–Trinajstić information content (AvgIpc) is 2.98. The van der Waals surface area contributed by atoms with E-state index in [-0.39, 0.29) is 5.75 Å². The summed E-state index contributed by atoms with van der Waals surface area (Å²) < 4.78 is 25.6. The van der Waals surface area contributed by atoms with Gasteiger partial charge in [0.05, 0.1) is 5.75 Å². The fourth-order valence-electron chi connectivity index (χ4n) is 1.17. The largest absolute Gasteiger partial charge is 0.313 e. The first-order valence-electron chi connectivity index (χ1n) is 5.74. The Kier molecular flexibility index (Phi) is 5.02. The van der Waals surface area contributed by atoms with E-state index < -0.39 is 10.0 Å². The molecule has 1 unspecified atom stereocenters. The second-order valence-corrected chi connectivity index (χ2v) is 6.34. The van der Waals surface area contributed by atoms with E-state index in [2.05, 4.69) is 17.0 Å². The second kappa shape index (κ2) is 5.82. The normalized spacial score (nSPS) is 19.1. The number of nitrogens with one attached hydrogen (secondary N) is 2. The van der Waals surface area contributed by atoms with Crippen molar-refractivity contribution in [1.29, 1.82) is 0 Å². The molecular weight excluding hydrogens is 212 g/mol. The van der Waals surface area contributed by atoms with Gasteiger partial charge in [-0.3, -0.25) is 0 Å². The first-order valence-corrected chi connectivity index (χ1v) is 7.39. The highest BCUT2D eigenvalue weighted by molar-refractivity contribution is 7.89. The maximum absolute atomic E-state index is 11.5. The number of rotatable bonds is 8. The Morgan fingerprint density at radius 3 is 2.60 bits per heavy atom. The monoisotopic (exact) mass is 234 g/mol. The van der Waals surface area contributed by atoms with E-state index >= 15 is 0 Å². The second-order valence-electron chi connectivity index (χ2n) is 4.41. The standard InChI is InChI=1S/C10H22N2O2S/c1-3-9(2)8-12-15(13,14)7-6-11-10-4-5-10/h9-12H,3-8H2,1-2H3. The molecule has 0 spiro atoms. The first kappa shape index (κ1) is 12.9. The Bertz CT molecular complexity index is 273. The highest BCUT2D eigenvalue weighted by Crippen LogP contribution is 2.17. The maximum Gasteiger partial charge on any atom is 0.212 e. The van der Waals surface area contributed by atoms with Gasteiger partial charge in [0.25, 0.3) is 0 Å². The van der Waals surface area contributed by atoms with Gasteiger partial charge in [-0.2, -0.15) is 0 Å². The third kappa shape index (κ3) is 6.12. The molecule has 0 amide bonds. The lowest BCUT2D eigenvalue weighted by Gasteiger charge is -2.10. The molecule has 15 heavy (non-hydrogen) atoms. The summed E-state index contributed by atoms with van der Waals surface area (Å²) >= 11 is 0. The first-order chi connectivity index (χ1) is 7.03. The molecule has 1 fully saturated rings. The minimum Gasteiger partial charge on any atom is -0.313 e. The van der Waals surface area contributed by atoms with Crippen molar-refractivity contribution in [3.63, 3.8) is 0 Å². The predicted octanol–water partition coefficient (Wildman–Crippen LogP) is 0.704. The molecule has 1 aliphatic rings. The number of hydrogen-bond acceptors (Lipinski definition) is 3. The summed E-state index contributed by atoms with van der Waals surface area (Å²) in [4.78, 5) is 0. The molecule has 1 atom stereocenters. The van der Waals surface area contributed by atoms with Crippen LogP contribution in [0.25, 0.3) is 0 Å². The Labute approximate surface area is 92.9 Å². The van der Waals surface area contributed by atoms with Crippen LogP contribution in [-0.4, -0.2) is 33.3 Å². The molecule has 1 aliphatic carbocycles. The lowest BCUT2D eigenvalue weighted by atomic mass is 10.1. The quantitative estimate of drug-likeness (QED) is 0.650. The van der Waals surface area contributed by atoms with Gasteiger partial charge >= 0.3 is 0 Å². The molecule has 0 bridgehead atoms. The summed E-state index contributed by atoms with van der Waals surface area (Å²) in [5, 5.41) is 3.20. The third-order valence-electron chi connectivity index (χ3n) is 2.73. The van der Waals surface area contributed by atoms with Crippen LogP contribution in [0.5, 0.6) is 0 Å². The SMILES string of the molecule is CCC(C)CNS(=O)(=O)CCNC1CC1. The van der Waals surface area contributed by atoms with Crippen molar-refractivity contribution in [2.75, 3.05) is 18.8 Å². The van der Waals surface area contributed by atoms with Crippen LogP contribution < -0.4 is 10.0 Å². The van der Waals surface area contributed by atoms with Crippen molar-refractivity contribution in [3.05, 3.63) is 0 Å². The molecule has 0 aromatic heterocycles. The predicted molar refractivity (Wildman–Crippen MR) is 62.3 cm³/mol. The fraction of sp³-hybridized carbons (Fsp3) is 1.00. The molecule has 1 rings (SSSR count). The van der Waals surface area contributed by atoms with Crippen LogP contribution in [0, 0.1) is 5.92 Å². The van der Waals surface area contributed by atoms with Crippen LogP contribution in [0.2, 0.25) is 0 Å². The average molecular weight is 234 g/mol. The Hall–Kier alpha value is -0.130. The van der Waals surface area contributed by atoms with Crippen LogP contribution in [0.1, 0.15) is 33.1 Å². The minimum absolute atomic E-state index is 0.194. The zero-order chi connectivity index (χ0) is 11.3. The Morgan fingerprint density at radius 1 is 1.40 bits per heavy atom. The van der Waals surface area contributed by atoms with Crippen LogP contribution >= 0.6 is 0 Å². The van der Waals surface area contributed by atoms with Gasteiger partial charge in [0.1, 0.15) is 0 Å². The Morgan fingerprint density at radius 2 is 2.07 bits per heavy atom. The van der Waals surface area contributed by atoms with E-state index in [0.717, 1.165) is 6.42 Å².